The lowest BCUT2D eigenvalue weighted by atomic mass is 10.3. The largest absolute Gasteiger partial charge is 0.329 e. The molecule has 0 saturated heterocycles. The van der Waals surface area contributed by atoms with Crippen LogP contribution in [0.4, 0.5) is 10.8 Å². The molecule has 0 aliphatic heterocycles. The van der Waals surface area contributed by atoms with Crippen LogP contribution in [0.1, 0.15) is 5.82 Å². The van der Waals surface area contributed by atoms with Gasteiger partial charge in [0.25, 0.3) is 0 Å². The molecule has 20 heavy (non-hydrogen) atoms. The highest BCUT2D eigenvalue weighted by Gasteiger charge is 2.13. The summed E-state index contributed by atoms with van der Waals surface area (Å²) >= 11 is 19.6. The average molecular weight is 346 g/mol. The van der Waals surface area contributed by atoms with E-state index in [1.165, 1.54) is 11.3 Å². The molecule has 0 amide bonds. The van der Waals surface area contributed by atoms with E-state index in [9.17, 15) is 0 Å². The van der Waals surface area contributed by atoms with E-state index in [0.29, 0.717) is 42.2 Å². The van der Waals surface area contributed by atoms with Crippen molar-refractivity contribution >= 4 is 67.3 Å². The van der Waals surface area contributed by atoms with Crippen LogP contribution in [0.25, 0.3) is 10.3 Å². The molecule has 102 valence electrons. The van der Waals surface area contributed by atoms with Gasteiger partial charge in [-0.25, -0.2) is 15.0 Å². The van der Waals surface area contributed by atoms with E-state index in [0.717, 1.165) is 0 Å². The number of halogens is 3. The molecule has 3 rings (SSSR count). The zero-order chi connectivity index (χ0) is 14.3. The van der Waals surface area contributed by atoms with E-state index in [4.69, 9.17) is 34.8 Å². The minimum atomic E-state index is 0.335. The quantitative estimate of drug-likeness (QED) is 0.657. The first-order chi connectivity index (χ1) is 9.54. The van der Waals surface area contributed by atoms with Gasteiger partial charge in [0.05, 0.1) is 15.7 Å². The van der Waals surface area contributed by atoms with Crippen LogP contribution in [0.5, 0.6) is 0 Å². The Hall–Kier alpha value is -1.14. The fraction of sp³-hybridized carbons (Fsp3) is 0.0833. The maximum absolute atomic E-state index is 6.11. The van der Waals surface area contributed by atoms with Crippen molar-refractivity contribution in [3.8, 4) is 0 Å². The van der Waals surface area contributed by atoms with Gasteiger partial charge in [0.15, 0.2) is 15.1 Å². The number of nitrogens with zero attached hydrogens (tertiary/aromatic N) is 3. The fourth-order valence-corrected chi connectivity index (χ4v) is 3.36. The van der Waals surface area contributed by atoms with E-state index in [-0.39, 0.29) is 0 Å². The number of rotatable bonds is 2. The number of thiazole rings is 1. The molecule has 0 bridgehead atoms. The molecule has 0 aliphatic rings. The SMILES string of the molecule is Cc1nc(Cl)c2nc(Nc3c(Cl)cccc3Cl)sc2n1. The number of benzene rings is 1. The van der Waals surface area contributed by atoms with Gasteiger partial charge in [0, 0.05) is 0 Å². The number of nitrogens with one attached hydrogen (secondary N) is 1. The zero-order valence-corrected chi connectivity index (χ0v) is 13.2. The second-order valence-electron chi connectivity index (χ2n) is 3.96. The molecule has 2 heterocycles. The van der Waals surface area contributed by atoms with Crippen molar-refractivity contribution < 1.29 is 0 Å². The molecular weight excluding hydrogens is 339 g/mol. The predicted octanol–water partition coefficient (Wildman–Crippen LogP) is 5.10. The van der Waals surface area contributed by atoms with Crippen LogP contribution >= 0.6 is 46.1 Å². The summed E-state index contributed by atoms with van der Waals surface area (Å²) in [5, 5.41) is 5.07. The second-order valence-corrected chi connectivity index (χ2v) is 6.11. The first-order valence-corrected chi connectivity index (χ1v) is 7.51. The van der Waals surface area contributed by atoms with Crippen molar-refractivity contribution in [2.75, 3.05) is 5.32 Å². The molecule has 0 fully saturated rings. The lowest BCUT2D eigenvalue weighted by Gasteiger charge is -2.06. The maximum atomic E-state index is 6.11. The predicted molar refractivity (Wildman–Crippen MR) is 84.7 cm³/mol. The van der Waals surface area contributed by atoms with Crippen molar-refractivity contribution in [3.63, 3.8) is 0 Å². The molecule has 0 aliphatic carbocycles. The summed E-state index contributed by atoms with van der Waals surface area (Å²) in [7, 11) is 0. The lowest BCUT2D eigenvalue weighted by Crippen LogP contribution is -1.91. The van der Waals surface area contributed by atoms with Crippen LogP contribution in [0.15, 0.2) is 18.2 Å². The summed E-state index contributed by atoms with van der Waals surface area (Å²) < 4.78 is 0. The van der Waals surface area contributed by atoms with Gasteiger partial charge in [-0.15, -0.1) is 0 Å². The van der Waals surface area contributed by atoms with E-state index in [1.807, 2.05) is 0 Å². The van der Waals surface area contributed by atoms with Gasteiger partial charge in [0.2, 0.25) is 0 Å². The summed E-state index contributed by atoms with van der Waals surface area (Å²) in [5.41, 5.74) is 1.17. The number of fused-ring (bicyclic) bond motifs is 1. The van der Waals surface area contributed by atoms with E-state index in [1.54, 1.807) is 25.1 Å². The smallest absolute Gasteiger partial charge is 0.189 e. The third-order valence-corrected chi connectivity index (χ3v) is 4.28. The van der Waals surface area contributed by atoms with E-state index < -0.39 is 0 Å². The molecule has 1 aromatic carbocycles. The number of aromatic nitrogens is 3. The molecule has 0 spiro atoms. The Bertz CT molecular complexity index is 782. The monoisotopic (exact) mass is 344 g/mol. The van der Waals surface area contributed by atoms with Gasteiger partial charge in [0.1, 0.15) is 11.3 Å². The second kappa shape index (κ2) is 5.33. The molecule has 8 heteroatoms. The third kappa shape index (κ3) is 2.54. The first kappa shape index (κ1) is 13.8. The fourth-order valence-electron chi connectivity index (χ4n) is 1.67. The standard InChI is InChI=1S/C12H7Cl3N4S/c1-5-16-10(15)9-11(17-5)20-12(19-9)18-8-6(13)3-2-4-7(8)14/h2-4H,1H3,(H,18,19). The molecule has 4 nitrogen and oxygen atoms in total. The molecule has 1 N–H and O–H groups in total. The Balaban J connectivity index is 2.06. The first-order valence-electron chi connectivity index (χ1n) is 5.56. The molecule has 0 radical (unpaired) electrons. The average Bonchev–Trinajstić information content (AvgIpc) is 2.77. The maximum Gasteiger partial charge on any atom is 0.189 e. The van der Waals surface area contributed by atoms with Gasteiger partial charge >= 0.3 is 0 Å². The summed E-state index contributed by atoms with van der Waals surface area (Å²) in [6, 6.07) is 5.28. The normalized spacial score (nSPS) is 11.0. The van der Waals surface area contributed by atoms with Crippen LogP contribution in [0, 0.1) is 6.92 Å². The van der Waals surface area contributed by atoms with Crippen LogP contribution in [0.3, 0.4) is 0 Å². The lowest BCUT2D eigenvalue weighted by molar-refractivity contribution is 1.09. The molecule has 0 atom stereocenters. The molecule has 2 aromatic heterocycles. The van der Waals surface area contributed by atoms with Gasteiger partial charge in [-0.2, -0.15) is 0 Å². The van der Waals surface area contributed by atoms with Gasteiger partial charge < -0.3 is 5.32 Å². The highest BCUT2D eigenvalue weighted by atomic mass is 35.5. The topological polar surface area (TPSA) is 50.7 Å². The van der Waals surface area contributed by atoms with E-state index in [2.05, 4.69) is 20.3 Å². The van der Waals surface area contributed by atoms with Crippen molar-refractivity contribution in [2.45, 2.75) is 6.92 Å². The number of hydrogen-bond acceptors (Lipinski definition) is 5. The summed E-state index contributed by atoms with van der Waals surface area (Å²) in [6.45, 7) is 1.78. The van der Waals surface area contributed by atoms with Crippen LogP contribution in [-0.2, 0) is 0 Å². The minimum absolute atomic E-state index is 0.335. The Morgan fingerprint density at radius 1 is 1.05 bits per heavy atom. The van der Waals surface area contributed by atoms with Crippen LogP contribution in [0.2, 0.25) is 15.2 Å². The highest BCUT2D eigenvalue weighted by molar-refractivity contribution is 7.21. The third-order valence-electron chi connectivity index (χ3n) is 2.52. The highest BCUT2D eigenvalue weighted by Crippen LogP contribution is 2.35. The molecular formula is C12H7Cl3N4S. The summed E-state index contributed by atoms with van der Waals surface area (Å²) in [4.78, 5) is 13.5. The summed E-state index contributed by atoms with van der Waals surface area (Å²) in [6.07, 6.45) is 0. The molecule has 0 saturated carbocycles. The van der Waals surface area contributed by atoms with Gasteiger partial charge in [-0.3, -0.25) is 0 Å². The summed E-state index contributed by atoms with van der Waals surface area (Å²) in [5.74, 6) is 0.605. The Morgan fingerprint density at radius 2 is 1.75 bits per heavy atom. The minimum Gasteiger partial charge on any atom is -0.329 e. The molecule has 0 unspecified atom stereocenters. The van der Waals surface area contributed by atoms with Crippen molar-refractivity contribution in [2.24, 2.45) is 0 Å². The Kier molecular flexibility index (Phi) is 3.69. The number of aryl methyl sites for hydroxylation is 1. The van der Waals surface area contributed by atoms with Crippen LogP contribution < -0.4 is 5.32 Å². The van der Waals surface area contributed by atoms with Crippen molar-refractivity contribution in [3.05, 3.63) is 39.2 Å². The van der Waals surface area contributed by atoms with Crippen LogP contribution in [-0.4, -0.2) is 15.0 Å². The molecule has 3 aromatic rings. The Morgan fingerprint density at radius 3 is 2.45 bits per heavy atom. The Labute approximate surface area is 133 Å². The van der Waals surface area contributed by atoms with E-state index >= 15 is 0 Å². The van der Waals surface area contributed by atoms with Gasteiger partial charge in [-0.1, -0.05) is 52.2 Å². The van der Waals surface area contributed by atoms with Crippen molar-refractivity contribution in [1.29, 1.82) is 0 Å². The number of anilines is 2. The number of hydrogen-bond donors (Lipinski definition) is 1. The zero-order valence-electron chi connectivity index (χ0n) is 10.1. The van der Waals surface area contributed by atoms with Crippen molar-refractivity contribution in [1.82, 2.24) is 15.0 Å². The number of para-hydroxylation sites is 1. The van der Waals surface area contributed by atoms with Gasteiger partial charge in [-0.05, 0) is 19.1 Å².